The highest BCUT2D eigenvalue weighted by molar-refractivity contribution is 6.06. The van der Waals surface area contributed by atoms with Crippen molar-refractivity contribution in [2.45, 2.75) is 20.0 Å². The van der Waals surface area contributed by atoms with Crippen LogP contribution in [0.5, 0.6) is 0 Å². The molecule has 2 heterocycles. The summed E-state index contributed by atoms with van der Waals surface area (Å²) in [6, 6.07) is 0. The molecule has 3 N–H and O–H groups in total. The van der Waals surface area contributed by atoms with Gasteiger partial charge in [-0.2, -0.15) is 0 Å². The first-order chi connectivity index (χ1) is 8.50. The van der Waals surface area contributed by atoms with Crippen LogP contribution in [0.15, 0.2) is 15.5 Å². The van der Waals surface area contributed by atoms with Crippen LogP contribution in [0.25, 0.3) is 11.1 Å². The number of rotatable bonds is 3. The minimum atomic E-state index is -0.663. The van der Waals surface area contributed by atoms with Crippen LogP contribution >= 0.6 is 0 Å². The van der Waals surface area contributed by atoms with Crippen LogP contribution in [0, 0.1) is 6.92 Å². The lowest BCUT2D eigenvalue weighted by atomic mass is 10.2. The van der Waals surface area contributed by atoms with E-state index < -0.39 is 17.6 Å². The average Bonchev–Trinajstić information content (AvgIpc) is 2.63. The molecule has 2 rings (SSSR count). The SMILES string of the molecule is Cc1oc2nc[nH]c(=O)c2c1C(=O)NC[C@H](C)O. The predicted octanol–water partition coefficient (Wildman–Crippen LogP) is -0.0649. The number of aromatic amines is 1. The summed E-state index contributed by atoms with van der Waals surface area (Å²) in [6.45, 7) is 3.23. The van der Waals surface area contributed by atoms with Crippen LogP contribution in [0.3, 0.4) is 0 Å². The summed E-state index contributed by atoms with van der Waals surface area (Å²) in [5, 5.41) is 11.8. The Kier molecular flexibility index (Phi) is 3.15. The quantitative estimate of drug-likeness (QED) is 0.708. The maximum atomic E-state index is 11.9. The van der Waals surface area contributed by atoms with Crippen molar-refractivity contribution in [1.29, 1.82) is 0 Å². The smallest absolute Gasteiger partial charge is 0.262 e. The van der Waals surface area contributed by atoms with E-state index in [0.29, 0.717) is 5.76 Å². The van der Waals surface area contributed by atoms with Crippen molar-refractivity contribution in [3.05, 3.63) is 28.0 Å². The van der Waals surface area contributed by atoms with Crippen molar-refractivity contribution < 1.29 is 14.3 Å². The molecule has 2 aromatic rings. The number of aromatic nitrogens is 2. The second-order valence-corrected chi connectivity index (χ2v) is 4.00. The molecule has 0 bridgehead atoms. The van der Waals surface area contributed by atoms with Gasteiger partial charge in [-0.1, -0.05) is 0 Å². The third-order valence-electron chi connectivity index (χ3n) is 2.46. The van der Waals surface area contributed by atoms with E-state index in [0.717, 1.165) is 0 Å². The Morgan fingerprint density at radius 2 is 2.39 bits per heavy atom. The van der Waals surface area contributed by atoms with E-state index in [-0.39, 0.29) is 23.2 Å². The van der Waals surface area contributed by atoms with Crippen LogP contribution < -0.4 is 10.9 Å². The minimum absolute atomic E-state index is 0.100. The van der Waals surface area contributed by atoms with Crippen LogP contribution in [0.2, 0.25) is 0 Å². The van der Waals surface area contributed by atoms with Gasteiger partial charge in [0.15, 0.2) is 0 Å². The Balaban J connectivity index is 2.47. The Labute approximate surface area is 102 Å². The first-order valence-electron chi connectivity index (χ1n) is 5.43. The maximum Gasteiger partial charge on any atom is 0.262 e. The molecular formula is C11H13N3O4. The van der Waals surface area contributed by atoms with Crippen molar-refractivity contribution in [1.82, 2.24) is 15.3 Å². The van der Waals surface area contributed by atoms with E-state index in [9.17, 15) is 9.59 Å². The lowest BCUT2D eigenvalue weighted by Gasteiger charge is -2.06. The number of aryl methyl sites for hydroxylation is 1. The molecule has 1 atom stereocenters. The Morgan fingerprint density at radius 3 is 3.06 bits per heavy atom. The van der Waals surface area contributed by atoms with E-state index in [2.05, 4.69) is 15.3 Å². The second kappa shape index (κ2) is 4.61. The minimum Gasteiger partial charge on any atom is -0.442 e. The summed E-state index contributed by atoms with van der Waals surface area (Å²) in [7, 11) is 0. The Bertz CT molecular complexity index is 641. The van der Waals surface area contributed by atoms with Gasteiger partial charge in [-0.25, -0.2) is 4.98 Å². The molecule has 0 aliphatic carbocycles. The van der Waals surface area contributed by atoms with Crippen molar-refractivity contribution in [2.75, 3.05) is 6.54 Å². The zero-order chi connectivity index (χ0) is 13.3. The number of hydrogen-bond donors (Lipinski definition) is 3. The molecule has 0 aromatic carbocycles. The van der Waals surface area contributed by atoms with Gasteiger partial charge in [0.05, 0.1) is 18.0 Å². The third-order valence-corrected chi connectivity index (χ3v) is 2.46. The molecule has 0 spiro atoms. The fraction of sp³-hybridized carbons (Fsp3) is 0.364. The van der Waals surface area contributed by atoms with Crippen LogP contribution in [-0.4, -0.2) is 33.6 Å². The molecule has 96 valence electrons. The molecule has 0 aliphatic rings. The summed E-state index contributed by atoms with van der Waals surface area (Å²) >= 11 is 0. The van der Waals surface area contributed by atoms with E-state index in [4.69, 9.17) is 9.52 Å². The lowest BCUT2D eigenvalue weighted by molar-refractivity contribution is 0.0924. The van der Waals surface area contributed by atoms with E-state index in [1.165, 1.54) is 6.33 Å². The number of nitrogens with one attached hydrogen (secondary N) is 2. The maximum absolute atomic E-state index is 11.9. The summed E-state index contributed by atoms with van der Waals surface area (Å²) in [4.78, 5) is 29.8. The normalized spacial score (nSPS) is 12.6. The van der Waals surface area contributed by atoms with Gasteiger partial charge >= 0.3 is 0 Å². The number of carbonyl (C=O) groups is 1. The van der Waals surface area contributed by atoms with E-state index >= 15 is 0 Å². The van der Waals surface area contributed by atoms with Gasteiger partial charge in [0.1, 0.15) is 11.1 Å². The molecule has 0 radical (unpaired) electrons. The summed E-state index contributed by atoms with van der Waals surface area (Å²) in [6.07, 6.45) is 0.550. The highest BCUT2D eigenvalue weighted by Crippen LogP contribution is 2.19. The van der Waals surface area contributed by atoms with Crippen LogP contribution in [0.1, 0.15) is 23.0 Å². The molecule has 0 unspecified atom stereocenters. The van der Waals surface area contributed by atoms with Gasteiger partial charge in [-0.3, -0.25) is 9.59 Å². The van der Waals surface area contributed by atoms with Gasteiger partial charge in [0.25, 0.3) is 11.5 Å². The summed E-state index contributed by atoms with van der Waals surface area (Å²) in [5.41, 5.74) is -0.155. The molecule has 0 aliphatic heterocycles. The van der Waals surface area contributed by atoms with Gasteiger partial charge in [-0.15, -0.1) is 0 Å². The zero-order valence-electron chi connectivity index (χ0n) is 9.98. The number of nitrogens with zero attached hydrogens (tertiary/aromatic N) is 1. The standard InChI is InChI=1S/C11H13N3O4/c1-5(15)3-12-9(16)7-6(2)18-11-8(7)10(17)13-4-14-11/h4-5,15H,3H2,1-2H3,(H,12,16)(H,13,14,17)/t5-/m0/s1. The van der Waals surface area contributed by atoms with Gasteiger partial charge in [-0.05, 0) is 13.8 Å². The molecule has 0 fully saturated rings. The molecule has 7 nitrogen and oxygen atoms in total. The summed E-state index contributed by atoms with van der Waals surface area (Å²) in [5.74, 6) is -0.150. The molecule has 18 heavy (non-hydrogen) atoms. The molecule has 2 aromatic heterocycles. The zero-order valence-corrected chi connectivity index (χ0v) is 9.98. The lowest BCUT2D eigenvalue weighted by Crippen LogP contribution is -2.31. The number of aliphatic hydroxyl groups excluding tert-OH is 1. The van der Waals surface area contributed by atoms with E-state index in [1.807, 2.05) is 0 Å². The second-order valence-electron chi connectivity index (χ2n) is 4.00. The van der Waals surface area contributed by atoms with Crippen molar-refractivity contribution in [2.24, 2.45) is 0 Å². The number of fused-ring (bicyclic) bond motifs is 1. The van der Waals surface area contributed by atoms with Crippen molar-refractivity contribution in [3.63, 3.8) is 0 Å². The third kappa shape index (κ3) is 2.12. The highest BCUT2D eigenvalue weighted by Gasteiger charge is 2.21. The highest BCUT2D eigenvalue weighted by atomic mass is 16.3. The van der Waals surface area contributed by atoms with E-state index in [1.54, 1.807) is 13.8 Å². The number of carbonyl (C=O) groups excluding carboxylic acids is 1. The molecule has 1 amide bonds. The van der Waals surface area contributed by atoms with Crippen LogP contribution in [-0.2, 0) is 0 Å². The van der Waals surface area contributed by atoms with Gasteiger partial charge < -0.3 is 19.8 Å². The monoisotopic (exact) mass is 251 g/mol. The first kappa shape index (κ1) is 12.3. The number of hydrogen-bond acceptors (Lipinski definition) is 5. The van der Waals surface area contributed by atoms with Crippen LogP contribution in [0.4, 0.5) is 0 Å². The fourth-order valence-corrected chi connectivity index (χ4v) is 1.66. The molecule has 0 saturated heterocycles. The summed E-state index contributed by atoms with van der Waals surface area (Å²) < 4.78 is 5.25. The number of aliphatic hydroxyl groups is 1. The largest absolute Gasteiger partial charge is 0.442 e. The average molecular weight is 251 g/mol. The van der Waals surface area contributed by atoms with Crippen molar-refractivity contribution in [3.8, 4) is 0 Å². The first-order valence-corrected chi connectivity index (χ1v) is 5.43. The van der Waals surface area contributed by atoms with Gasteiger partial charge in [0, 0.05) is 6.54 Å². The number of furan rings is 1. The van der Waals surface area contributed by atoms with Crippen molar-refractivity contribution >= 4 is 17.0 Å². The Morgan fingerprint density at radius 1 is 1.67 bits per heavy atom. The molecule has 0 saturated carbocycles. The number of H-pyrrole nitrogens is 1. The predicted molar refractivity (Wildman–Crippen MR) is 63.4 cm³/mol. The number of amides is 1. The topological polar surface area (TPSA) is 108 Å². The van der Waals surface area contributed by atoms with Gasteiger partial charge in [0.2, 0.25) is 5.71 Å². The molecule has 7 heteroatoms. The molecular weight excluding hydrogens is 238 g/mol. The Hall–Kier alpha value is -2.15. The fourth-order valence-electron chi connectivity index (χ4n) is 1.66.